The number of carbonyl (C=O) groups is 1. The summed E-state index contributed by atoms with van der Waals surface area (Å²) in [5.41, 5.74) is 0.939. The van der Waals surface area contributed by atoms with Crippen LogP contribution in [-0.2, 0) is 11.3 Å². The molecule has 0 amide bonds. The molecule has 6 heteroatoms. The molecule has 1 aliphatic rings. The molecule has 0 bridgehead atoms. The topological polar surface area (TPSA) is 69.8 Å². The number of aliphatic carboxylic acids is 1. The summed E-state index contributed by atoms with van der Waals surface area (Å²) in [6, 6.07) is 1.93. The number of aromatic nitrogens is 1. The van der Waals surface area contributed by atoms with Crippen molar-refractivity contribution in [3.05, 3.63) is 17.5 Å². The van der Waals surface area contributed by atoms with Crippen molar-refractivity contribution in [3.63, 3.8) is 0 Å². The van der Waals surface area contributed by atoms with Crippen LogP contribution in [0.25, 0.3) is 0 Å². The van der Waals surface area contributed by atoms with Gasteiger partial charge in [0.2, 0.25) is 0 Å². The summed E-state index contributed by atoms with van der Waals surface area (Å²) in [4.78, 5) is 14.8. The van der Waals surface area contributed by atoms with E-state index in [1.54, 1.807) is 0 Å². The van der Waals surface area contributed by atoms with Crippen LogP contribution in [0.3, 0.4) is 0 Å². The van der Waals surface area contributed by atoms with Gasteiger partial charge >= 0.3 is 5.97 Å². The molecule has 1 fully saturated rings. The maximum absolute atomic E-state index is 10.6. The lowest BCUT2D eigenvalue weighted by molar-refractivity contribution is -0.138. The van der Waals surface area contributed by atoms with Crippen molar-refractivity contribution in [1.82, 2.24) is 15.0 Å². The van der Waals surface area contributed by atoms with Crippen LogP contribution in [0.2, 0.25) is 0 Å². The van der Waals surface area contributed by atoms with Crippen LogP contribution in [0.1, 0.15) is 11.5 Å². The molecule has 0 unspecified atom stereocenters. The molecule has 1 aromatic heterocycles. The van der Waals surface area contributed by atoms with Gasteiger partial charge in [0.15, 0.2) is 0 Å². The van der Waals surface area contributed by atoms with Gasteiger partial charge in [0.05, 0.1) is 12.2 Å². The van der Waals surface area contributed by atoms with Crippen molar-refractivity contribution < 1.29 is 14.4 Å². The molecule has 1 aromatic rings. The number of nitrogens with zero attached hydrogens (tertiary/aromatic N) is 3. The van der Waals surface area contributed by atoms with Gasteiger partial charge in [0, 0.05) is 38.8 Å². The second-order valence-corrected chi connectivity index (χ2v) is 4.37. The third-order valence-electron chi connectivity index (χ3n) is 2.89. The van der Waals surface area contributed by atoms with Crippen molar-refractivity contribution in [2.24, 2.45) is 0 Å². The van der Waals surface area contributed by atoms with Crippen molar-refractivity contribution in [1.29, 1.82) is 0 Å². The maximum Gasteiger partial charge on any atom is 0.317 e. The van der Waals surface area contributed by atoms with Crippen LogP contribution in [0.5, 0.6) is 0 Å². The van der Waals surface area contributed by atoms with Gasteiger partial charge in [-0.2, -0.15) is 0 Å². The van der Waals surface area contributed by atoms with Crippen LogP contribution < -0.4 is 0 Å². The lowest BCUT2D eigenvalue weighted by Crippen LogP contribution is -2.47. The van der Waals surface area contributed by atoms with E-state index in [9.17, 15) is 4.79 Å². The number of aryl methyl sites for hydroxylation is 1. The SMILES string of the molecule is Cc1cc(CN2CCN(CC(=O)O)CC2)no1. The summed E-state index contributed by atoms with van der Waals surface area (Å²) in [5, 5.41) is 12.6. The molecular weight excluding hydrogens is 222 g/mol. The van der Waals surface area contributed by atoms with E-state index in [0.717, 1.165) is 44.2 Å². The Kier molecular flexibility index (Phi) is 3.75. The predicted molar refractivity (Wildman–Crippen MR) is 60.6 cm³/mol. The van der Waals surface area contributed by atoms with Crippen molar-refractivity contribution >= 4 is 5.97 Å². The number of hydrogen-bond donors (Lipinski definition) is 1. The third kappa shape index (κ3) is 3.54. The van der Waals surface area contributed by atoms with Gasteiger partial charge in [-0.25, -0.2) is 0 Å². The zero-order valence-electron chi connectivity index (χ0n) is 9.93. The molecule has 0 atom stereocenters. The minimum Gasteiger partial charge on any atom is -0.480 e. The molecule has 0 aliphatic carbocycles. The average molecular weight is 239 g/mol. The van der Waals surface area contributed by atoms with Gasteiger partial charge in [0.1, 0.15) is 5.76 Å². The molecule has 0 spiro atoms. The molecule has 1 saturated heterocycles. The summed E-state index contributed by atoms with van der Waals surface area (Å²) in [7, 11) is 0. The Morgan fingerprint density at radius 2 is 2.06 bits per heavy atom. The average Bonchev–Trinajstić information content (AvgIpc) is 2.66. The first-order valence-electron chi connectivity index (χ1n) is 5.72. The minimum atomic E-state index is -0.759. The molecule has 94 valence electrons. The summed E-state index contributed by atoms with van der Waals surface area (Å²) in [6.07, 6.45) is 0. The predicted octanol–water partition coefficient (Wildman–Crippen LogP) is 0.185. The molecule has 1 N–H and O–H groups in total. The lowest BCUT2D eigenvalue weighted by Gasteiger charge is -2.33. The molecule has 2 rings (SSSR count). The largest absolute Gasteiger partial charge is 0.480 e. The zero-order chi connectivity index (χ0) is 12.3. The Labute approximate surface area is 99.8 Å². The highest BCUT2D eigenvalue weighted by molar-refractivity contribution is 5.69. The van der Waals surface area contributed by atoms with Gasteiger partial charge in [-0.05, 0) is 6.92 Å². The molecule has 17 heavy (non-hydrogen) atoms. The first kappa shape index (κ1) is 12.1. The highest BCUT2D eigenvalue weighted by Crippen LogP contribution is 2.08. The van der Waals surface area contributed by atoms with E-state index >= 15 is 0 Å². The van der Waals surface area contributed by atoms with Crippen LogP contribution >= 0.6 is 0 Å². The molecule has 1 aliphatic heterocycles. The van der Waals surface area contributed by atoms with E-state index in [2.05, 4.69) is 10.1 Å². The summed E-state index contributed by atoms with van der Waals surface area (Å²) < 4.78 is 5.01. The fraction of sp³-hybridized carbons (Fsp3) is 0.636. The number of piperazine rings is 1. The van der Waals surface area contributed by atoms with Gasteiger partial charge in [0.25, 0.3) is 0 Å². The molecule has 2 heterocycles. The first-order valence-corrected chi connectivity index (χ1v) is 5.72. The van der Waals surface area contributed by atoms with Gasteiger partial charge in [-0.3, -0.25) is 14.6 Å². The second-order valence-electron chi connectivity index (χ2n) is 4.37. The highest BCUT2D eigenvalue weighted by atomic mass is 16.5. The number of carboxylic acid groups (broad SMARTS) is 1. The van der Waals surface area contributed by atoms with Gasteiger partial charge in [-0.15, -0.1) is 0 Å². The summed E-state index contributed by atoms with van der Waals surface area (Å²) in [5.74, 6) is 0.0649. The van der Waals surface area contributed by atoms with E-state index in [0.29, 0.717) is 0 Å². The summed E-state index contributed by atoms with van der Waals surface area (Å²) in [6.45, 7) is 6.13. The number of carboxylic acids is 1. The Bertz CT molecular complexity index is 383. The fourth-order valence-electron chi connectivity index (χ4n) is 2.02. The number of hydrogen-bond acceptors (Lipinski definition) is 5. The normalized spacial score (nSPS) is 18.4. The number of rotatable bonds is 4. The maximum atomic E-state index is 10.6. The summed E-state index contributed by atoms with van der Waals surface area (Å²) >= 11 is 0. The van der Waals surface area contributed by atoms with Crippen LogP contribution in [0.15, 0.2) is 10.6 Å². The van der Waals surface area contributed by atoms with Crippen LogP contribution in [-0.4, -0.2) is 58.8 Å². The Balaban J connectivity index is 1.77. The van der Waals surface area contributed by atoms with E-state index < -0.39 is 5.97 Å². The first-order chi connectivity index (χ1) is 8.13. The lowest BCUT2D eigenvalue weighted by atomic mass is 10.3. The smallest absolute Gasteiger partial charge is 0.317 e. The van der Waals surface area contributed by atoms with Crippen molar-refractivity contribution in [2.75, 3.05) is 32.7 Å². The van der Waals surface area contributed by atoms with Gasteiger partial charge in [-0.1, -0.05) is 5.16 Å². The third-order valence-corrected chi connectivity index (χ3v) is 2.89. The quantitative estimate of drug-likeness (QED) is 0.808. The highest BCUT2D eigenvalue weighted by Gasteiger charge is 2.19. The molecule has 0 aromatic carbocycles. The van der Waals surface area contributed by atoms with Gasteiger partial charge < -0.3 is 9.63 Å². The Morgan fingerprint density at radius 3 is 2.59 bits per heavy atom. The van der Waals surface area contributed by atoms with Crippen molar-refractivity contribution in [2.45, 2.75) is 13.5 Å². The van der Waals surface area contributed by atoms with E-state index in [-0.39, 0.29) is 6.54 Å². The minimum absolute atomic E-state index is 0.136. The monoisotopic (exact) mass is 239 g/mol. The fourth-order valence-corrected chi connectivity index (χ4v) is 2.02. The van der Waals surface area contributed by atoms with E-state index in [1.807, 2.05) is 17.9 Å². The van der Waals surface area contributed by atoms with E-state index in [4.69, 9.17) is 9.63 Å². The zero-order valence-corrected chi connectivity index (χ0v) is 9.93. The van der Waals surface area contributed by atoms with Crippen molar-refractivity contribution in [3.8, 4) is 0 Å². The van der Waals surface area contributed by atoms with Crippen LogP contribution in [0.4, 0.5) is 0 Å². The molecule has 0 saturated carbocycles. The van der Waals surface area contributed by atoms with E-state index in [1.165, 1.54) is 0 Å². The molecular formula is C11H17N3O3. The second kappa shape index (κ2) is 5.29. The van der Waals surface area contributed by atoms with Crippen LogP contribution in [0, 0.1) is 6.92 Å². The standard InChI is InChI=1S/C11H17N3O3/c1-9-6-10(12-17-9)7-13-2-4-14(5-3-13)8-11(15)16/h6H,2-5,7-8H2,1H3,(H,15,16). The molecule has 6 nitrogen and oxygen atoms in total. The Hall–Kier alpha value is -1.40. The Morgan fingerprint density at radius 1 is 1.41 bits per heavy atom. The molecule has 0 radical (unpaired) electrons.